The van der Waals surface area contributed by atoms with E-state index in [-0.39, 0.29) is 0 Å². The number of nitrogens with zero attached hydrogens (tertiary/aromatic N) is 1. The molecule has 128 valence electrons. The van der Waals surface area contributed by atoms with Crippen LogP contribution in [0.5, 0.6) is 5.75 Å². The number of ether oxygens (including phenoxy) is 1. The first-order chi connectivity index (χ1) is 12.3. The summed E-state index contributed by atoms with van der Waals surface area (Å²) < 4.78 is 5.93. The summed E-state index contributed by atoms with van der Waals surface area (Å²) in [6, 6.07) is 16.8. The van der Waals surface area contributed by atoms with Gasteiger partial charge in [-0.15, -0.1) is 0 Å². The lowest BCUT2D eigenvalue weighted by Gasteiger charge is -2.09. The van der Waals surface area contributed by atoms with Gasteiger partial charge in [-0.2, -0.15) is 0 Å². The monoisotopic (exact) mass is 331 g/mol. The summed E-state index contributed by atoms with van der Waals surface area (Å²) in [5, 5.41) is 2.51. The average molecular weight is 331 g/mol. The average Bonchev–Trinajstić information content (AvgIpc) is 2.65. The van der Waals surface area contributed by atoms with Crippen LogP contribution in [0.2, 0.25) is 0 Å². The number of hydrogen-bond donors (Lipinski definition) is 0. The highest BCUT2D eigenvalue weighted by molar-refractivity contribution is 5.92. The molecular weight excluding hydrogens is 306 g/mol. The number of rotatable bonds is 7. The fraction of sp³-hybridized carbons (Fsp3) is 0.261. The van der Waals surface area contributed by atoms with Crippen molar-refractivity contribution in [3.63, 3.8) is 0 Å². The van der Waals surface area contributed by atoms with Gasteiger partial charge in [0.2, 0.25) is 0 Å². The Kier molecular flexibility index (Phi) is 5.84. The Morgan fingerprint density at radius 2 is 1.84 bits per heavy atom. The molecule has 25 heavy (non-hydrogen) atoms. The van der Waals surface area contributed by atoms with Gasteiger partial charge in [-0.05, 0) is 35.8 Å². The molecule has 0 amide bonds. The first kappa shape index (κ1) is 17.2. The van der Waals surface area contributed by atoms with Crippen LogP contribution in [-0.4, -0.2) is 11.6 Å². The lowest BCUT2D eigenvalue weighted by atomic mass is 10.0. The number of unbranched alkanes of at least 4 members (excludes halogenated alkanes) is 2. The highest BCUT2D eigenvalue weighted by atomic mass is 16.5. The fourth-order valence-electron chi connectivity index (χ4n) is 2.87. The summed E-state index contributed by atoms with van der Waals surface area (Å²) in [4.78, 5) is 4.51. The van der Waals surface area contributed by atoms with Crippen molar-refractivity contribution in [2.24, 2.45) is 0 Å². The zero-order valence-corrected chi connectivity index (χ0v) is 15.0. The van der Waals surface area contributed by atoms with Crippen molar-refractivity contribution in [3.05, 3.63) is 71.5 Å². The van der Waals surface area contributed by atoms with E-state index >= 15 is 0 Å². The van der Waals surface area contributed by atoms with Gasteiger partial charge in [0.25, 0.3) is 0 Å². The molecule has 0 aliphatic heterocycles. The van der Waals surface area contributed by atoms with Gasteiger partial charge in [-0.1, -0.05) is 68.3 Å². The second-order valence-corrected chi connectivity index (χ2v) is 6.33. The zero-order chi connectivity index (χ0) is 17.5. The molecule has 3 aromatic rings. The van der Waals surface area contributed by atoms with E-state index in [4.69, 9.17) is 4.74 Å². The van der Waals surface area contributed by atoms with Crippen molar-refractivity contribution in [2.45, 2.75) is 33.1 Å². The number of pyridine rings is 1. The van der Waals surface area contributed by atoms with Gasteiger partial charge >= 0.3 is 0 Å². The number of benzene rings is 2. The number of aromatic nitrogens is 1. The summed E-state index contributed by atoms with van der Waals surface area (Å²) in [6.07, 6.45) is 9.58. The Labute approximate surface area is 150 Å². The summed E-state index contributed by atoms with van der Waals surface area (Å²) >= 11 is 0. The molecule has 3 rings (SSSR count). The summed E-state index contributed by atoms with van der Waals surface area (Å²) in [5.74, 6) is 0.934. The minimum atomic E-state index is 0.769. The maximum Gasteiger partial charge on any atom is 0.125 e. The third-order valence-electron chi connectivity index (χ3n) is 4.34. The number of hydrogen-bond acceptors (Lipinski definition) is 2. The topological polar surface area (TPSA) is 22.1 Å². The van der Waals surface area contributed by atoms with E-state index in [0.29, 0.717) is 0 Å². The maximum atomic E-state index is 5.93. The van der Waals surface area contributed by atoms with Crippen LogP contribution in [0, 0.1) is 6.92 Å². The first-order valence-electron chi connectivity index (χ1n) is 9.03. The van der Waals surface area contributed by atoms with Gasteiger partial charge < -0.3 is 4.74 Å². The van der Waals surface area contributed by atoms with Gasteiger partial charge in [0.05, 0.1) is 12.3 Å². The van der Waals surface area contributed by atoms with E-state index < -0.39 is 0 Å². The molecule has 2 nitrogen and oxygen atoms in total. The van der Waals surface area contributed by atoms with Crippen LogP contribution in [0.3, 0.4) is 0 Å². The van der Waals surface area contributed by atoms with Crippen LogP contribution in [0.4, 0.5) is 0 Å². The van der Waals surface area contributed by atoms with Gasteiger partial charge in [0, 0.05) is 17.8 Å². The maximum absolute atomic E-state index is 5.93. The number of fused-ring (bicyclic) bond motifs is 1. The van der Waals surface area contributed by atoms with Gasteiger partial charge in [0.1, 0.15) is 5.75 Å². The predicted octanol–water partition coefficient (Wildman–Crippen LogP) is 6.28. The van der Waals surface area contributed by atoms with E-state index in [0.717, 1.165) is 30.0 Å². The Bertz CT molecular complexity index is 862. The lowest BCUT2D eigenvalue weighted by Crippen LogP contribution is -1.99. The normalized spacial score (nSPS) is 11.3. The van der Waals surface area contributed by atoms with Crippen LogP contribution >= 0.6 is 0 Å². The molecule has 0 saturated carbocycles. The molecule has 1 heterocycles. The Morgan fingerprint density at radius 3 is 2.72 bits per heavy atom. The molecule has 0 unspecified atom stereocenters. The first-order valence-corrected chi connectivity index (χ1v) is 9.03. The molecule has 1 aromatic heterocycles. The van der Waals surface area contributed by atoms with Crippen LogP contribution in [0.25, 0.3) is 22.9 Å². The molecule has 0 N–H and O–H groups in total. The lowest BCUT2D eigenvalue weighted by molar-refractivity contribution is 0.304. The molecule has 0 aliphatic rings. The van der Waals surface area contributed by atoms with Crippen LogP contribution < -0.4 is 4.74 Å². The van der Waals surface area contributed by atoms with E-state index in [9.17, 15) is 0 Å². The fourth-order valence-corrected chi connectivity index (χ4v) is 2.87. The zero-order valence-electron chi connectivity index (χ0n) is 15.0. The summed E-state index contributed by atoms with van der Waals surface area (Å²) in [6.45, 7) is 5.01. The quantitative estimate of drug-likeness (QED) is 0.475. The third kappa shape index (κ3) is 4.48. The minimum absolute atomic E-state index is 0.769. The Morgan fingerprint density at radius 1 is 1.00 bits per heavy atom. The molecule has 0 aliphatic carbocycles. The van der Waals surface area contributed by atoms with Crippen LogP contribution in [0.15, 0.2) is 54.7 Å². The SMILES string of the molecule is CCCCCOc1cc(/C=C\c2cccc3ccccc23)ncc1C. The molecule has 0 spiro atoms. The van der Waals surface area contributed by atoms with Gasteiger partial charge in [-0.25, -0.2) is 0 Å². The number of aryl methyl sites for hydroxylation is 1. The third-order valence-corrected chi connectivity index (χ3v) is 4.34. The predicted molar refractivity (Wildman–Crippen MR) is 107 cm³/mol. The summed E-state index contributed by atoms with van der Waals surface area (Å²) in [7, 11) is 0. The largest absolute Gasteiger partial charge is 0.493 e. The highest BCUT2D eigenvalue weighted by Crippen LogP contribution is 2.22. The molecule has 0 bridgehead atoms. The molecule has 2 heteroatoms. The molecule has 0 radical (unpaired) electrons. The van der Waals surface area contributed by atoms with E-state index in [1.54, 1.807) is 0 Å². The van der Waals surface area contributed by atoms with Gasteiger partial charge in [-0.3, -0.25) is 4.98 Å². The van der Waals surface area contributed by atoms with Crippen LogP contribution in [-0.2, 0) is 0 Å². The Balaban J connectivity index is 1.79. The molecule has 0 fully saturated rings. The van der Waals surface area contributed by atoms with E-state index in [1.807, 2.05) is 19.2 Å². The van der Waals surface area contributed by atoms with Crippen molar-refractivity contribution in [1.29, 1.82) is 0 Å². The van der Waals surface area contributed by atoms with Crippen molar-refractivity contribution >= 4 is 22.9 Å². The van der Waals surface area contributed by atoms with E-state index in [2.05, 4.69) is 66.5 Å². The molecular formula is C23H25NO. The molecule has 0 saturated heterocycles. The standard InChI is InChI=1S/C23H25NO/c1-3-4-7-15-25-23-16-21(24-17-18(23)2)14-13-20-11-8-10-19-9-5-6-12-22(19)20/h5-6,8-14,16-17H,3-4,7,15H2,1-2H3/b14-13-. The second-order valence-electron chi connectivity index (χ2n) is 6.33. The van der Waals surface area contributed by atoms with Crippen molar-refractivity contribution in [3.8, 4) is 5.75 Å². The minimum Gasteiger partial charge on any atom is -0.493 e. The Hall–Kier alpha value is -2.61. The van der Waals surface area contributed by atoms with Crippen molar-refractivity contribution < 1.29 is 4.74 Å². The highest BCUT2D eigenvalue weighted by Gasteiger charge is 2.02. The van der Waals surface area contributed by atoms with Crippen molar-refractivity contribution in [2.75, 3.05) is 6.61 Å². The summed E-state index contributed by atoms with van der Waals surface area (Å²) in [5.41, 5.74) is 3.20. The second kappa shape index (κ2) is 8.48. The molecule has 2 aromatic carbocycles. The smallest absolute Gasteiger partial charge is 0.125 e. The van der Waals surface area contributed by atoms with Gasteiger partial charge in [0.15, 0.2) is 0 Å². The van der Waals surface area contributed by atoms with Crippen LogP contribution in [0.1, 0.15) is 43.0 Å². The van der Waals surface area contributed by atoms with E-state index in [1.165, 1.54) is 29.2 Å². The molecule has 0 atom stereocenters. The van der Waals surface area contributed by atoms with Crippen molar-refractivity contribution in [1.82, 2.24) is 4.98 Å².